The highest BCUT2D eigenvalue weighted by atomic mass is 32.1. The van der Waals surface area contributed by atoms with Crippen LogP contribution in [0.25, 0.3) is 0 Å². The van der Waals surface area contributed by atoms with Crippen LogP contribution >= 0.6 is 11.3 Å². The third kappa shape index (κ3) is 7.10. The molecule has 0 aromatic carbocycles. The molecule has 21 heavy (non-hydrogen) atoms. The van der Waals surface area contributed by atoms with Crippen molar-refractivity contribution >= 4 is 23.2 Å². The summed E-state index contributed by atoms with van der Waals surface area (Å²) in [5.74, 6) is 0.622. The lowest BCUT2D eigenvalue weighted by Gasteiger charge is -2.21. The lowest BCUT2D eigenvalue weighted by atomic mass is 10.3. The van der Waals surface area contributed by atoms with Gasteiger partial charge in [-0.15, -0.1) is 0 Å². The zero-order valence-electron chi connectivity index (χ0n) is 12.9. The van der Waals surface area contributed by atoms with Crippen LogP contribution in [0.3, 0.4) is 0 Å². The number of thiophene rings is 1. The average Bonchev–Trinajstić information content (AvgIpc) is 2.96. The van der Waals surface area contributed by atoms with E-state index in [4.69, 9.17) is 4.74 Å². The predicted molar refractivity (Wildman–Crippen MR) is 86.7 cm³/mol. The topological polar surface area (TPSA) is 66.0 Å². The van der Waals surface area contributed by atoms with Crippen LogP contribution in [0.1, 0.15) is 12.5 Å². The van der Waals surface area contributed by atoms with Crippen molar-refractivity contribution in [2.24, 2.45) is 4.99 Å². The van der Waals surface area contributed by atoms with Crippen LogP contribution in [-0.2, 0) is 16.1 Å². The molecule has 0 bridgehead atoms. The molecule has 0 spiro atoms. The third-order valence-electron chi connectivity index (χ3n) is 2.70. The van der Waals surface area contributed by atoms with E-state index in [2.05, 4.69) is 32.5 Å². The van der Waals surface area contributed by atoms with Crippen molar-refractivity contribution in [3.63, 3.8) is 0 Å². The van der Waals surface area contributed by atoms with Crippen LogP contribution < -0.4 is 10.6 Å². The van der Waals surface area contributed by atoms with E-state index in [1.807, 2.05) is 18.9 Å². The summed E-state index contributed by atoms with van der Waals surface area (Å²) in [5.41, 5.74) is 1.23. The molecule has 1 heterocycles. The Balaban J connectivity index is 2.50. The Morgan fingerprint density at radius 1 is 1.48 bits per heavy atom. The van der Waals surface area contributed by atoms with Crippen molar-refractivity contribution in [1.29, 1.82) is 0 Å². The first-order chi connectivity index (χ1) is 10.2. The lowest BCUT2D eigenvalue weighted by Crippen LogP contribution is -2.39. The molecule has 1 rings (SSSR count). The highest BCUT2D eigenvalue weighted by molar-refractivity contribution is 7.07. The summed E-state index contributed by atoms with van der Waals surface area (Å²) >= 11 is 1.67. The van der Waals surface area contributed by atoms with Gasteiger partial charge in [0.15, 0.2) is 5.96 Å². The molecule has 0 aliphatic heterocycles. The summed E-state index contributed by atoms with van der Waals surface area (Å²) in [5, 5.41) is 10.1. The van der Waals surface area contributed by atoms with E-state index >= 15 is 0 Å². The fourth-order valence-electron chi connectivity index (χ4n) is 1.70. The number of amides is 1. The highest BCUT2D eigenvalue weighted by Crippen LogP contribution is 2.08. The SMILES string of the molecule is CCNC(=NCC(=O)NCCOC)N(C)Cc1ccsc1. The molecule has 0 aliphatic carbocycles. The van der Waals surface area contributed by atoms with Crippen LogP contribution in [0.2, 0.25) is 0 Å². The molecule has 1 aromatic rings. The van der Waals surface area contributed by atoms with Gasteiger partial charge in [-0.05, 0) is 29.3 Å². The minimum atomic E-state index is -0.105. The van der Waals surface area contributed by atoms with Gasteiger partial charge in [0.25, 0.3) is 0 Å². The van der Waals surface area contributed by atoms with Crippen LogP contribution in [0.5, 0.6) is 0 Å². The Labute approximate surface area is 130 Å². The monoisotopic (exact) mass is 312 g/mol. The summed E-state index contributed by atoms with van der Waals surface area (Å²) < 4.78 is 4.88. The van der Waals surface area contributed by atoms with Crippen LogP contribution in [0.4, 0.5) is 0 Å². The number of carbonyl (C=O) groups excluding carboxylic acids is 1. The number of carbonyl (C=O) groups is 1. The standard InChI is InChI=1S/C14H24N4O2S/c1-4-15-14(17-9-13(19)16-6-7-20-3)18(2)10-12-5-8-21-11-12/h5,8,11H,4,6-7,9-10H2,1-3H3,(H,15,17)(H,16,19). The van der Waals surface area contributed by atoms with E-state index < -0.39 is 0 Å². The van der Waals surface area contributed by atoms with E-state index in [9.17, 15) is 4.79 Å². The molecular weight excluding hydrogens is 288 g/mol. The van der Waals surface area contributed by atoms with Gasteiger partial charge in [0.05, 0.1) is 6.61 Å². The first kappa shape index (κ1) is 17.5. The maximum Gasteiger partial charge on any atom is 0.241 e. The largest absolute Gasteiger partial charge is 0.383 e. The lowest BCUT2D eigenvalue weighted by molar-refractivity contribution is -0.119. The normalized spacial score (nSPS) is 11.3. The summed E-state index contributed by atoms with van der Waals surface area (Å²) in [6.07, 6.45) is 0. The number of nitrogens with zero attached hydrogens (tertiary/aromatic N) is 2. The van der Waals surface area contributed by atoms with E-state index in [1.165, 1.54) is 5.56 Å². The zero-order valence-corrected chi connectivity index (χ0v) is 13.7. The smallest absolute Gasteiger partial charge is 0.241 e. The molecule has 1 aromatic heterocycles. The number of hydrogen-bond acceptors (Lipinski definition) is 4. The van der Waals surface area contributed by atoms with Crippen molar-refractivity contribution in [1.82, 2.24) is 15.5 Å². The van der Waals surface area contributed by atoms with E-state index in [0.29, 0.717) is 13.2 Å². The predicted octanol–water partition coefficient (Wildman–Crippen LogP) is 0.908. The first-order valence-electron chi connectivity index (χ1n) is 6.93. The van der Waals surface area contributed by atoms with Gasteiger partial charge < -0.3 is 20.3 Å². The van der Waals surface area contributed by atoms with Crippen LogP contribution in [0.15, 0.2) is 21.8 Å². The molecular formula is C14H24N4O2S. The number of methoxy groups -OCH3 is 1. The highest BCUT2D eigenvalue weighted by Gasteiger charge is 2.08. The Morgan fingerprint density at radius 3 is 2.90 bits per heavy atom. The zero-order chi connectivity index (χ0) is 15.5. The number of guanidine groups is 1. The maximum atomic E-state index is 11.6. The molecule has 6 nitrogen and oxygen atoms in total. The molecule has 118 valence electrons. The van der Waals surface area contributed by atoms with Crippen molar-refractivity contribution in [2.45, 2.75) is 13.5 Å². The van der Waals surface area contributed by atoms with Crippen molar-refractivity contribution in [2.75, 3.05) is 40.4 Å². The van der Waals surface area contributed by atoms with Gasteiger partial charge in [-0.2, -0.15) is 11.3 Å². The minimum Gasteiger partial charge on any atom is -0.383 e. The number of hydrogen-bond donors (Lipinski definition) is 2. The summed E-state index contributed by atoms with van der Waals surface area (Å²) in [6, 6.07) is 2.09. The molecule has 0 saturated heterocycles. The van der Waals surface area contributed by atoms with E-state index in [1.54, 1.807) is 18.4 Å². The van der Waals surface area contributed by atoms with Gasteiger partial charge in [-0.3, -0.25) is 4.79 Å². The third-order valence-corrected chi connectivity index (χ3v) is 3.43. The number of ether oxygens (including phenoxy) is 1. The quantitative estimate of drug-likeness (QED) is 0.425. The fraction of sp³-hybridized carbons (Fsp3) is 0.571. The number of rotatable bonds is 8. The van der Waals surface area contributed by atoms with Gasteiger partial charge in [-0.1, -0.05) is 0 Å². The molecule has 0 aliphatic rings. The van der Waals surface area contributed by atoms with E-state index in [0.717, 1.165) is 19.0 Å². The Kier molecular flexibility index (Phi) is 8.45. The second kappa shape index (κ2) is 10.2. The summed E-state index contributed by atoms with van der Waals surface area (Å²) in [7, 11) is 3.56. The Bertz CT molecular complexity index is 434. The molecule has 0 unspecified atom stereocenters. The molecule has 7 heteroatoms. The molecule has 0 fully saturated rings. The van der Waals surface area contributed by atoms with Gasteiger partial charge in [0.1, 0.15) is 6.54 Å². The second-order valence-electron chi connectivity index (χ2n) is 4.50. The molecule has 0 saturated carbocycles. The molecule has 2 N–H and O–H groups in total. The number of aliphatic imine (C=N–C) groups is 1. The van der Waals surface area contributed by atoms with E-state index in [-0.39, 0.29) is 12.5 Å². The fourth-order valence-corrected chi connectivity index (χ4v) is 2.36. The Morgan fingerprint density at radius 2 is 2.29 bits per heavy atom. The first-order valence-corrected chi connectivity index (χ1v) is 7.87. The second-order valence-corrected chi connectivity index (χ2v) is 5.28. The summed E-state index contributed by atoms with van der Waals surface area (Å²) in [4.78, 5) is 18.0. The van der Waals surface area contributed by atoms with Crippen molar-refractivity contribution < 1.29 is 9.53 Å². The van der Waals surface area contributed by atoms with Crippen molar-refractivity contribution in [3.8, 4) is 0 Å². The molecule has 1 amide bonds. The summed E-state index contributed by atoms with van der Waals surface area (Å²) in [6.45, 7) is 4.66. The Hall–Kier alpha value is -1.60. The van der Waals surface area contributed by atoms with Gasteiger partial charge in [0.2, 0.25) is 5.91 Å². The van der Waals surface area contributed by atoms with Crippen LogP contribution in [0, 0.1) is 0 Å². The molecule has 0 radical (unpaired) electrons. The minimum absolute atomic E-state index is 0.105. The van der Waals surface area contributed by atoms with Gasteiger partial charge >= 0.3 is 0 Å². The van der Waals surface area contributed by atoms with Crippen molar-refractivity contribution in [3.05, 3.63) is 22.4 Å². The molecule has 0 atom stereocenters. The number of nitrogens with one attached hydrogen (secondary N) is 2. The maximum absolute atomic E-state index is 11.6. The van der Waals surface area contributed by atoms with Gasteiger partial charge in [0, 0.05) is 33.8 Å². The van der Waals surface area contributed by atoms with Crippen LogP contribution in [-0.4, -0.2) is 57.2 Å². The average molecular weight is 312 g/mol. The van der Waals surface area contributed by atoms with Gasteiger partial charge in [-0.25, -0.2) is 4.99 Å².